The smallest absolute Gasteiger partial charge is 0.0178 e. The van der Waals surface area contributed by atoms with Gasteiger partial charge in [0.05, 0.1) is 0 Å². The molecule has 21 heavy (non-hydrogen) atoms. The van der Waals surface area contributed by atoms with Gasteiger partial charge in [-0.1, -0.05) is 48.2 Å². The van der Waals surface area contributed by atoms with Crippen molar-refractivity contribution < 1.29 is 0 Å². The molecule has 2 aliphatic rings. The molecule has 1 fully saturated rings. The van der Waals surface area contributed by atoms with E-state index >= 15 is 0 Å². The molecule has 1 aromatic carbocycles. The van der Waals surface area contributed by atoms with Crippen LogP contribution < -0.4 is 5.32 Å². The lowest BCUT2D eigenvalue weighted by Crippen LogP contribution is -2.38. The molecular weight excluding hydrogens is 322 g/mol. The first kappa shape index (κ1) is 15.6. The van der Waals surface area contributed by atoms with E-state index < -0.39 is 0 Å². The van der Waals surface area contributed by atoms with Crippen molar-refractivity contribution >= 4 is 15.9 Å². The maximum atomic E-state index is 3.87. The van der Waals surface area contributed by atoms with Crippen LogP contribution in [0.2, 0.25) is 0 Å². The van der Waals surface area contributed by atoms with Crippen molar-refractivity contribution in [2.24, 2.45) is 11.8 Å². The Morgan fingerprint density at radius 3 is 2.57 bits per heavy atom. The minimum atomic E-state index is 0.697. The van der Waals surface area contributed by atoms with Gasteiger partial charge in [0, 0.05) is 10.5 Å². The van der Waals surface area contributed by atoms with Crippen molar-refractivity contribution in [3.05, 3.63) is 33.8 Å². The number of hydrogen-bond donors (Lipinski definition) is 1. The summed E-state index contributed by atoms with van der Waals surface area (Å²) in [5.41, 5.74) is 3.10. The Hall–Kier alpha value is -0.340. The molecule has 0 heterocycles. The van der Waals surface area contributed by atoms with E-state index in [1.54, 1.807) is 11.1 Å². The van der Waals surface area contributed by atoms with E-state index in [1.807, 2.05) is 0 Å². The van der Waals surface area contributed by atoms with E-state index in [1.165, 1.54) is 62.4 Å². The van der Waals surface area contributed by atoms with E-state index in [-0.39, 0.29) is 0 Å². The molecule has 0 bridgehead atoms. The molecule has 3 rings (SSSR count). The predicted octanol–water partition coefficient (Wildman–Crippen LogP) is 5.11. The lowest BCUT2D eigenvalue weighted by molar-refractivity contribution is 0.254. The van der Waals surface area contributed by atoms with Crippen molar-refractivity contribution in [3.8, 4) is 0 Å². The van der Waals surface area contributed by atoms with Crippen LogP contribution in [0, 0.1) is 11.8 Å². The number of aryl methyl sites for hydroxylation is 1. The SMILES string of the molecule is CCC1CCC(CNC2CCc3cc(Br)ccc3C2)CC1. The van der Waals surface area contributed by atoms with E-state index in [2.05, 4.69) is 46.4 Å². The fraction of sp³-hybridized carbons (Fsp3) is 0.684. The molecule has 1 N–H and O–H groups in total. The van der Waals surface area contributed by atoms with Gasteiger partial charge in [-0.3, -0.25) is 0 Å². The van der Waals surface area contributed by atoms with E-state index in [4.69, 9.17) is 0 Å². The van der Waals surface area contributed by atoms with Gasteiger partial charge in [0.15, 0.2) is 0 Å². The third-order valence-electron chi connectivity index (χ3n) is 5.64. The summed E-state index contributed by atoms with van der Waals surface area (Å²) in [6.45, 7) is 3.59. The first-order valence-corrected chi connectivity index (χ1v) is 9.54. The predicted molar refractivity (Wildman–Crippen MR) is 93.7 cm³/mol. The summed E-state index contributed by atoms with van der Waals surface area (Å²) >= 11 is 3.58. The summed E-state index contributed by atoms with van der Waals surface area (Å²) in [7, 11) is 0. The van der Waals surface area contributed by atoms with Crippen molar-refractivity contribution in [3.63, 3.8) is 0 Å². The Morgan fingerprint density at radius 2 is 1.81 bits per heavy atom. The van der Waals surface area contributed by atoms with Crippen molar-refractivity contribution in [1.29, 1.82) is 0 Å². The van der Waals surface area contributed by atoms with Gasteiger partial charge in [-0.2, -0.15) is 0 Å². The number of halogens is 1. The summed E-state index contributed by atoms with van der Waals surface area (Å²) in [4.78, 5) is 0. The van der Waals surface area contributed by atoms with Crippen LogP contribution in [-0.4, -0.2) is 12.6 Å². The monoisotopic (exact) mass is 349 g/mol. The average molecular weight is 350 g/mol. The lowest BCUT2D eigenvalue weighted by atomic mass is 9.80. The number of rotatable bonds is 4. The quantitative estimate of drug-likeness (QED) is 0.795. The molecule has 1 aromatic rings. The van der Waals surface area contributed by atoms with Crippen LogP contribution in [0.1, 0.15) is 56.6 Å². The molecular formula is C19H28BrN. The van der Waals surface area contributed by atoms with Gasteiger partial charge in [0.1, 0.15) is 0 Å². The number of nitrogens with one attached hydrogen (secondary N) is 1. The van der Waals surface area contributed by atoms with E-state index in [0.29, 0.717) is 6.04 Å². The molecule has 1 saturated carbocycles. The second-order valence-electron chi connectivity index (χ2n) is 7.06. The molecule has 1 unspecified atom stereocenters. The summed E-state index contributed by atoms with van der Waals surface area (Å²) in [5.74, 6) is 1.94. The Balaban J connectivity index is 1.46. The van der Waals surface area contributed by atoms with Gasteiger partial charge in [-0.25, -0.2) is 0 Å². The number of fused-ring (bicyclic) bond motifs is 1. The lowest BCUT2D eigenvalue weighted by Gasteiger charge is -2.31. The number of benzene rings is 1. The fourth-order valence-corrected chi connectivity index (χ4v) is 4.48. The van der Waals surface area contributed by atoms with Gasteiger partial charge in [-0.05, 0) is 73.7 Å². The zero-order valence-electron chi connectivity index (χ0n) is 13.2. The minimum absolute atomic E-state index is 0.697. The van der Waals surface area contributed by atoms with Crippen LogP contribution in [0.3, 0.4) is 0 Å². The average Bonchev–Trinajstić information content (AvgIpc) is 2.53. The third kappa shape index (κ3) is 4.10. The molecule has 0 radical (unpaired) electrons. The standard InChI is InChI=1S/C19H28BrN/c1-2-14-3-5-15(6-4-14)13-21-19-10-8-16-11-18(20)9-7-17(16)12-19/h7,9,11,14-15,19,21H,2-6,8,10,12-13H2,1H3. The summed E-state index contributed by atoms with van der Waals surface area (Å²) in [5, 5.41) is 3.87. The molecule has 1 atom stereocenters. The molecule has 2 aliphatic carbocycles. The molecule has 0 aromatic heterocycles. The second-order valence-corrected chi connectivity index (χ2v) is 7.97. The molecule has 0 saturated heterocycles. The van der Waals surface area contributed by atoms with Gasteiger partial charge in [0.25, 0.3) is 0 Å². The molecule has 0 amide bonds. The topological polar surface area (TPSA) is 12.0 Å². The van der Waals surface area contributed by atoms with Gasteiger partial charge < -0.3 is 5.32 Å². The van der Waals surface area contributed by atoms with Crippen LogP contribution >= 0.6 is 15.9 Å². The van der Waals surface area contributed by atoms with E-state index in [0.717, 1.165) is 11.8 Å². The van der Waals surface area contributed by atoms with Crippen LogP contribution in [0.25, 0.3) is 0 Å². The normalized spacial score (nSPS) is 29.1. The summed E-state index contributed by atoms with van der Waals surface area (Å²) < 4.78 is 1.22. The Morgan fingerprint density at radius 1 is 1.05 bits per heavy atom. The first-order valence-electron chi connectivity index (χ1n) is 8.75. The third-order valence-corrected chi connectivity index (χ3v) is 6.13. The molecule has 2 heteroatoms. The van der Waals surface area contributed by atoms with Gasteiger partial charge in [-0.15, -0.1) is 0 Å². The first-order chi connectivity index (χ1) is 10.2. The molecule has 0 spiro atoms. The fourth-order valence-electron chi connectivity index (χ4n) is 4.08. The molecule has 1 nitrogen and oxygen atoms in total. The molecule has 0 aliphatic heterocycles. The Kier molecular flexibility index (Phi) is 5.39. The van der Waals surface area contributed by atoms with Gasteiger partial charge >= 0.3 is 0 Å². The second kappa shape index (κ2) is 7.28. The zero-order valence-corrected chi connectivity index (χ0v) is 14.8. The van der Waals surface area contributed by atoms with Crippen molar-refractivity contribution in [1.82, 2.24) is 5.32 Å². The summed E-state index contributed by atoms with van der Waals surface area (Å²) in [6.07, 6.45) is 10.9. The van der Waals surface area contributed by atoms with Crippen LogP contribution in [0.5, 0.6) is 0 Å². The molecule has 116 valence electrons. The Bertz CT molecular complexity index is 463. The summed E-state index contributed by atoms with van der Waals surface area (Å²) in [6, 6.07) is 7.49. The van der Waals surface area contributed by atoms with E-state index in [9.17, 15) is 0 Å². The van der Waals surface area contributed by atoms with Crippen molar-refractivity contribution in [2.45, 2.75) is 64.3 Å². The maximum absolute atomic E-state index is 3.87. The highest BCUT2D eigenvalue weighted by Gasteiger charge is 2.22. The largest absolute Gasteiger partial charge is 0.313 e. The number of hydrogen-bond acceptors (Lipinski definition) is 1. The highest BCUT2D eigenvalue weighted by Crippen LogP contribution is 2.30. The minimum Gasteiger partial charge on any atom is -0.313 e. The van der Waals surface area contributed by atoms with Crippen LogP contribution in [0.15, 0.2) is 22.7 Å². The highest BCUT2D eigenvalue weighted by molar-refractivity contribution is 9.10. The maximum Gasteiger partial charge on any atom is 0.0178 e. The van der Waals surface area contributed by atoms with Crippen molar-refractivity contribution in [2.75, 3.05) is 6.54 Å². The van der Waals surface area contributed by atoms with Crippen LogP contribution in [-0.2, 0) is 12.8 Å². The van der Waals surface area contributed by atoms with Gasteiger partial charge in [0.2, 0.25) is 0 Å². The highest BCUT2D eigenvalue weighted by atomic mass is 79.9. The Labute approximate surface area is 138 Å². The zero-order chi connectivity index (χ0) is 14.7. The van der Waals surface area contributed by atoms with Crippen LogP contribution in [0.4, 0.5) is 0 Å².